The summed E-state index contributed by atoms with van der Waals surface area (Å²) in [6.45, 7) is 0.202. The quantitative estimate of drug-likeness (QED) is 0.319. The first-order valence-electron chi connectivity index (χ1n) is 8.70. The third-order valence-corrected chi connectivity index (χ3v) is 5.15. The fraction of sp³-hybridized carbons (Fsp3) is 0.0435. The van der Waals surface area contributed by atoms with Crippen molar-refractivity contribution in [2.24, 2.45) is 0 Å². The van der Waals surface area contributed by atoms with Gasteiger partial charge in [0.1, 0.15) is 6.61 Å². The minimum atomic E-state index is -1.03. The van der Waals surface area contributed by atoms with E-state index in [1.54, 1.807) is 36.4 Å². The lowest BCUT2D eigenvalue weighted by atomic mass is 10.0. The van der Waals surface area contributed by atoms with Crippen molar-refractivity contribution in [3.05, 3.63) is 98.0 Å². The molecule has 0 saturated carbocycles. The van der Waals surface area contributed by atoms with Crippen molar-refractivity contribution >= 4 is 52.4 Å². The van der Waals surface area contributed by atoms with E-state index in [1.807, 2.05) is 18.2 Å². The van der Waals surface area contributed by atoms with E-state index in [2.05, 4.69) is 6.07 Å². The number of rotatable bonds is 6. The lowest BCUT2D eigenvalue weighted by molar-refractivity contribution is 0.0697. The highest BCUT2D eigenvalue weighted by Gasteiger charge is 2.12. The molecule has 0 heterocycles. The third kappa shape index (κ3) is 5.14. The molecule has 0 fully saturated rings. The maximum atomic E-state index is 11.0. The second-order valence-electron chi connectivity index (χ2n) is 6.25. The fourth-order valence-electron chi connectivity index (χ4n) is 2.71. The minimum Gasteiger partial charge on any atom is -0.486 e. The SMILES string of the molecule is N#CC(=Cc1cc(Cl)c(OCc2ccccc2Cl)c(Cl)c1)c1ccc(C(=O)O)cc1. The van der Waals surface area contributed by atoms with Crippen LogP contribution in [0.15, 0.2) is 60.7 Å². The van der Waals surface area contributed by atoms with Crippen LogP contribution >= 0.6 is 34.8 Å². The van der Waals surface area contributed by atoms with Gasteiger partial charge in [0.15, 0.2) is 5.75 Å². The van der Waals surface area contributed by atoms with Crippen LogP contribution in [0, 0.1) is 11.3 Å². The molecule has 0 radical (unpaired) electrons. The molecule has 0 spiro atoms. The van der Waals surface area contributed by atoms with Crippen molar-refractivity contribution in [1.29, 1.82) is 5.26 Å². The van der Waals surface area contributed by atoms with E-state index in [-0.39, 0.29) is 12.2 Å². The van der Waals surface area contributed by atoms with Gasteiger partial charge in [0.2, 0.25) is 0 Å². The number of nitriles is 1. The first-order chi connectivity index (χ1) is 14.4. The highest BCUT2D eigenvalue weighted by atomic mass is 35.5. The Balaban J connectivity index is 1.85. The second kappa shape index (κ2) is 9.69. The van der Waals surface area contributed by atoms with Crippen molar-refractivity contribution in [2.45, 2.75) is 6.61 Å². The van der Waals surface area contributed by atoms with Crippen molar-refractivity contribution in [3.63, 3.8) is 0 Å². The van der Waals surface area contributed by atoms with Crippen molar-refractivity contribution in [2.75, 3.05) is 0 Å². The van der Waals surface area contributed by atoms with Crippen molar-refractivity contribution in [3.8, 4) is 11.8 Å². The fourth-order valence-corrected chi connectivity index (χ4v) is 3.51. The lowest BCUT2D eigenvalue weighted by Gasteiger charge is -2.12. The lowest BCUT2D eigenvalue weighted by Crippen LogP contribution is -1.98. The van der Waals surface area contributed by atoms with Gasteiger partial charge in [0.05, 0.1) is 27.3 Å². The van der Waals surface area contributed by atoms with Crippen LogP contribution in [-0.4, -0.2) is 11.1 Å². The summed E-state index contributed by atoms with van der Waals surface area (Å²) < 4.78 is 5.75. The number of aromatic carboxylic acids is 1. The van der Waals surface area contributed by atoms with Crippen LogP contribution in [0.25, 0.3) is 11.6 Å². The number of carboxylic acids is 1. The highest BCUT2D eigenvalue weighted by molar-refractivity contribution is 6.37. The second-order valence-corrected chi connectivity index (χ2v) is 7.47. The molecule has 30 heavy (non-hydrogen) atoms. The van der Waals surface area contributed by atoms with Gasteiger partial charge in [-0.15, -0.1) is 0 Å². The van der Waals surface area contributed by atoms with Gasteiger partial charge < -0.3 is 9.84 Å². The van der Waals surface area contributed by atoms with E-state index in [1.165, 1.54) is 12.1 Å². The van der Waals surface area contributed by atoms with Crippen LogP contribution in [0.3, 0.4) is 0 Å². The van der Waals surface area contributed by atoms with Crippen LogP contribution < -0.4 is 4.74 Å². The number of carbonyl (C=O) groups is 1. The summed E-state index contributed by atoms with van der Waals surface area (Å²) in [6, 6.07) is 18.7. The Bertz CT molecular complexity index is 1140. The van der Waals surface area contributed by atoms with Gasteiger partial charge in [0.25, 0.3) is 0 Å². The Morgan fingerprint density at radius 1 is 0.967 bits per heavy atom. The van der Waals surface area contributed by atoms with E-state index in [0.29, 0.717) is 37.5 Å². The zero-order chi connectivity index (χ0) is 21.7. The molecule has 7 heteroatoms. The Hall–Kier alpha value is -2.97. The smallest absolute Gasteiger partial charge is 0.335 e. The molecule has 4 nitrogen and oxygen atoms in total. The minimum absolute atomic E-state index is 0.141. The molecule has 0 aliphatic rings. The van der Waals surface area contributed by atoms with Crippen LogP contribution in [0.1, 0.15) is 27.0 Å². The van der Waals surface area contributed by atoms with Gasteiger partial charge in [-0.3, -0.25) is 0 Å². The van der Waals surface area contributed by atoms with Crippen molar-refractivity contribution in [1.82, 2.24) is 0 Å². The number of halogens is 3. The number of ether oxygens (including phenoxy) is 1. The molecular formula is C23H14Cl3NO3. The molecule has 0 saturated heterocycles. The van der Waals surface area contributed by atoms with Crippen LogP contribution in [0.4, 0.5) is 0 Å². The predicted octanol–water partition coefficient (Wildman–Crippen LogP) is 6.99. The molecule has 0 bridgehead atoms. The van der Waals surface area contributed by atoms with E-state index in [4.69, 9.17) is 44.6 Å². The zero-order valence-electron chi connectivity index (χ0n) is 15.4. The van der Waals surface area contributed by atoms with E-state index in [9.17, 15) is 10.1 Å². The molecule has 0 atom stereocenters. The molecule has 0 unspecified atom stereocenters. The summed E-state index contributed by atoms with van der Waals surface area (Å²) in [6.07, 6.45) is 1.62. The van der Waals surface area contributed by atoms with E-state index in [0.717, 1.165) is 5.56 Å². The number of benzene rings is 3. The number of nitrogens with zero attached hydrogens (tertiary/aromatic N) is 1. The normalized spacial score (nSPS) is 11.1. The maximum Gasteiger partial charge on any atom is 0.335 e. The first kappa shape index (κ1) is 21.7. The molecule has 0 aliphatic carbocycles. The molecule has 3 aromatic rings. The maximum absolute atomic E-state index is 11.0. The summed E-state index contributed by atoms with van der Waals surface area (Å²) in [5, 5.41) is 19.7. The zero-order valence-corrected chi connectivity index (χ0v) is 17.7. The first-order valence-corrected chi connectivity index (χ1v) is 9.83. The van der Waals surface area contributed by atoms with Gasteiger partial charge in [-0.05, 0) is 47.5 Å². The molecule has 0 aliphatic heterocycles. The Morgan fingerprint density at radius 2 is 1.57 bits per heavy atom. The predicted molar refractivity (Wildman–Crippen MR) is 119 cm³/mol. The number of hydrogen-bond donors (Lipinski definition) is 1. The summed E-state index contributed by atoms with van der Waals surface area (Å²) in [7, 11) is 0. The molecule has 0 amide bonds. The summed E-state index contributed by atoms with van der Waals surface area (Å²) in [5.41, 5.74) is 2.46. The molecule has 0 aromatic heterocycles. The third-order valence-electron chi connectivity index (χ3n) is 4.22. The Labute approximate surface area is 188 Å². The monoisotopic (exact) mass is 457 g/mol. The van der Waals surface area contributed by atoms with Gasteiger partial charge in [-0.1, -0.05) is 65.1 Å². The van der Waals surface area contributed by atoms with E-state index >= 15 is 0 Å². The van der Waals surface area contributed by atoms with Crippen molar-refractivity contribution < 1.29 is 14.6 Å². The topological polar surface area (TPSA) is 70.3 Å². The summed E-state index contributed by atoms with van der Waals surface area (Å²) >= 11 is 18.8. The molecular weight excluding hydrogens is 445 g/mol. The average molecular weight is 459 g/mol. The van der Waals surface area contributed by atoms with Gasteiger partial charge in [-0.25, -0.2) is 4.79 Å². The molecule has 1 N–H and O–H groups in total. The number of carboxylic acid groups (broad SMARTS) is 1. The van der Waals surface area contributed by atoms with Crippen LogP contribution in [0.5, 0.6) is 5.75 Å². The van der Waals surface area contributed by atoms with Crippen LogP contribution in [0.2, 0.25) is 15.1 Å². The summed E-state index contributed by atoms with van der Waals surface area (Å²) in [4.78, 5) is 11.0. The van der Waals surface area contributed by atoms with E-state index < -0.39 is 5.97 Å². The number of allylic oxidation sites excluding steroid dienone is 1. The standard InChI is InChI=1S/C23H14Cl3NO3/c24-19-4-2-1-3-17(19)13-30-22-20(25)10-14(11-21(22)26)9-18(12-27)15-5-7-16(8-6-15)23(28)29/h1-11H,13H2,(H,28,29). The molecule has 3 aromatic carbocycles. The van der Waals surface area contributed by atoms with Gasteiger partial charge in [0, 0.05) is 10.6 Å². The molecule has 150 valence electrons. The van der Waals surface area contributed by atoms with Crippen LogP contribution in [-0.2, 0) is 6.61 Å². The Morgan fingerprint density at radius 3 is 2.13 bits per heavy atom. The largest absolute Gasteiger partial charge is 0.486 e. The average Bonchev–Trinajstić information content (AvgIpc) is 2.72. The summed E-state index contributed by atoms with van der Waals surface area (Å²) in [5.74, 6) is -0.713. The Kier molecular flexibility index (Phi) is 7.02. The van der Waals surface area contributed by atoms with Gasteiger partial charge >= 0.3 is 5.97 Å². The molecule has 3 rings (SSSR count). The number of hydrogen-bond acceptors (Lipinski definition) is 3. The highest BCUT2D eigenvalue weighted by Crippen LogP contribution is 2.36. The van der Waals surface area contributed by atoms with Gasteiger partial charge in [-0.2, -0.15) is 5.26 Å².